The van der Waals surface area contributed by atoms with E-state index in [9.17, 15) is 19.4 Å². The van der Waals surface area contributed by atoms with E-state index in [1.807, 2.05) is 28.1 Å². The molecule has 0 amide bonds. The maximum Gasteiger partial charge on any atom is 0.303 e. The Morgan fingerprint density at radius 1 is 0.872 bits per heavy atom. The van der Waals surface area contributed by atoms with Gasteiger partial charge in [0.05, 0.1) is 33.9 Å². The molecule has 0 aliphatic rings. The molecule has 234 valence electrons. The van der Waals surface area contributed by atoms with E-state index in [1.165, 1.54) is 57.8 Å². The van der Waals surface area contributed by atoms with Gasteiger partial charge >= 0.3 is 5.97 Å². The van der Waals surface area contributed by atoms with Gasteiger partial charge in [-0.25, -0.2) is 0 Å². The summed E-state index contributed by atoms with van der Waals surface area (Å²) in [5.41, 5.74) is 0. The lowest BCUT2D eigenvalue weighted by Crippen LogP contribution is -2.41. The summed E-state index contributed by atoms with van der Waals surface area (Å²) in [5, 5.41) is 18.8. The largest absolute Gasteiger partial charge is 0.756 e. The first kappa shape index (κ1) is 38.5. The number of hydrogen-bond acceptors (Lipinski definition) is 7. The third-order valence-corrected chi connectivity index (χ3v) is 8.00. The van der Waals surface area contributed by atoms with Gasteiger partial charge in [-0.15, -0.1) is 0 Å². The number of likely N-dealkylation sites (N-methyl/N-ethyl adjacent to an activating group) is 1. The average molecular weight is 582 g/mol. The molecule has 0 aliphatic carbocycles. The summed E-state index contributed by atoms with van der Waals surface area (Å²) in [6.07, 6.45) is 15.0. The Hall–Kier alpha value is -0.540. The molecule has 10 heteroatoms. The number of carboxylic acids is 1. The number of rotatable bonds is 28. The molecule has 3 unspecified atom stereocenters. The molecule has 0 bridgehead atoms. The highest BCUT2D eigenvalue weighted by Crippen LogP contribution is 2.43. The Morgan fingerprint density at radius 2 is 1.41 bits per heavy atom. The van der Waals surface area contributed by atoms with E-state index in [0.29, 0.717) is 23.9 Å². The fourth-order valence-corrected chi connectivity index (χ4v) is 5.49. The van der Waals surface area contributed by atoms with Crippen LogP contribution in [0.4, 0.5) is 0 Å². The Bertz CT molecular complexity index is 643. The maximum atomic E-state index is 12.7. The van der Waals surface area contributed by atoms with Crippen molar-refractivity contribution in [3.8, 4) is 0 Å². The molecular weight excluding hydrogens is 521 g/mol. The van der Waals surface area contributed by atoms with Crippen molar-refractivity contribution in [2.45, 2.75) is 129 Å². The average Bonchev–Trinajstić information content (AvgIpc) is 2.84. The molecule has 0 spiro atoms. The van der Waals surface area contributed by atoms with Gasteiger partial charge in [-0.2, -0.15) is 0 Å². The lowest BCUT2D eigenvalue weighted by molar-refractivity contribution is -0.870. The van der Waals surface area contributed by atoms with Gasteiger partial charge in [-0.1, -0.05) is 90.9 Å². The molecule has 2 N–H and O–H groups in total. The monoisotopic (exact) mass is 581 g/mol. The molecule has 39 heavy (non-hydrogen) atoms. The number of nitrogens with zero attached hydrogens (tertiary/aromatic N) is 1. The molecular formula is C29H60NO8P. The molecule has 0 fully saturated rings. The van der Waals surface area contributed by atoms with Crippen LogP contribution in [0.3, 0.4) is 0 Å². The first-order valence-corrected chi connectivity index (χ1v) is 16.8. The van der Waals surface area contributed by atoms with Crippen LogP contribution in [0.25, 0.3) is 0 Å². The van der Waals surface area contributed by atoms with Gasteiger partial charge in [0, 0.05) is 13.0 Å². The Kier molecular flexibility index (Phi) is 22.8. The Morgan fingerprint density at radius 3 is 1.90 bits per heavy atom. The number of aliphatic hydroxyl groups excluding tert-OH is 1. The van der Waals surface area contributed by atoms with Crippen molar-refractivity contribution in [1.29, 1.82) is 0 Å². The van der Waals surface area contributed by atoms with E-state index < -0.39 is 32.6 Å². The van der Waals surface area contributed by atoms with E-state index in [0.717, 1.165) is 25.7 Å². The minimum atomic E-state index is -4.61. The molecule has 0 radical (unpaired) electrons. The highest BCUT2D eigenvalue weighted by atomic mass is 31.2. The van der Waals surface area contributed by atoms with Gasteiger partial charge in [0.2, 0.25) is 0 Å². The highest BCUT2D eigenvalue weighted by Gasteiger charge is 2.32. The third kappa shape index (κ3) is 23.8. The summed E-state index contributed by atoms with van der Waals surface area (Å²) in [4.78, 5) is 23.4. The van der Waals surface area contributed by atoms with Gasteiger partial charge in [-0.05, 0) is 25.2 Å². The summed E-state index contributed by atoms with van der Waals surface area (Å²) in [6, 6.07) is 0. The van der Waals surface area contributed by atoms with Crippen molar-refractivity contribution in [2.75, 3.05) is 47.5 Å². The molecule has 0 saturated heterocycles. The molecule has 0 rings (SSSR count). The van der Waals surface area contributed by atoms with Crippen LogP contribution in [0.1, 0.15) is 117 Å². The molecule has 0 saturated carbocycles. The number of carboxylic acid groups (broad SMARTS) is 1. The van der Waals surface area contributed by atoms with Crippen LogP contribution in [0, 0.1) is 5.92 Å². The fourth-order valence-electron chi connectivity index (χ4n) is 4.48. The SMILES string of the molecule is CCCCCCCCCCCCCCC(C)C(OP(=O)([O-])OCC[N+](C)(C)C)[C@H](CO)OCCCCC(=O)O. The van der Waals surface area contributed by atoms with Crippen LogP contribution < -0.4 is 4.89 Å². The molecule has 0 aliphatic heterocycles. The van der Waals surface area contributed by atoms with E-state index in [2.05, 4.69) is 6.92 Å². The number of aliphatic carboxylic acids is 1. The minimum Gasteiger partial charge on any atom is -0.756 e. The van der Waals surface area contributed by atoms with Gasteiger partial charge in [0.15, 0.2) is 0 Å². The number of carbonyl (C=O) groups is 1. The topological polar surface area (TPSA) is 125 Å². The van der Waals surface area contributed by atoms with Gasteiger partial charge < -0.3 is 33.4 Å². The van der Waals surface area contributed by atoms with Crippen LogP contribution >= 0.6 is 7.82 Å². The quantitative estimate of drug-likeness (QED) is 0.0662. The second-order valence-electron chi connectivity index (χ2n) is 12.0. The van der Waals surface area contributed by atoms with Crippen molar-refractivity contribution in [3.05, 3.63) is 0 Å². The standard InChI is InChI=1S/C29H60NO8P/c1-6-7-8-9-10-11-12-13-14-15-16-17-20-26(2)29(27(25-31)36-23-19-18-21-28(32)33)38-39(34,35)37-24-22-30(3,4)5/h26-27,29,31H,6-25H2,1-5H3,(H-,32,33,34,35)/t26?,27-,29?/m0/s1. The number of phosphoric ester groups is 1. The Balaban J connectivity index is 4.70. The number of aliphatic hydroxyl groups is 1. The zero-order valence-electron chi connectivity index (χ0n) is 25.6. The second kappa shape index (κ2) is 23.1. The fraction of sp³-hybridized carbons (Fsp3) is 0.966. The first-order valence-electron chi connectivity index (χ1n) is 15.3. The van der Waals surface area contributed by atoms with Crippen molar-refractivity contribution < 1.29 is 42.7 Å². The molecule has 0 aromatic carbocycles. The first-order chi connectivity index (χ1) is 18.4. The van der Waals surface area contributed by atoms with E-state index >= 15 is 0 Å². The van der Waals surface area contributed by atoms with Crippen LogP contribution in [-0.2, 0) is 23.1 Å². The van der Waals surface area contributed by atoms with Crippen molar-refractivity contribution in [3.63, 3.8) is 0 Å². The zero-order chi connectivity index (χ0) is 29.6. The number of ether oxygens (including phenoxy) is 1. The number of unbranched alkanes of at least 4 members (excludes halogenated alkanes) is 12. The van der Waals surface area contributed by atoms with Crippen LogP contribution in [0.5, 0.6) is 0 Å². The lowest BCUT2D eigenvalue weighted by atomic mass is 9.93. The van der Waals surface area contributed by atoms with E-state index in [4.69, 9.17) is 18.9 Å². The molecule has 0 aromatic rings. The summed E-state index contributed by atoms with van der Waals surface area (Å²) in [7, 11) is 1.22. The minimum absolute atomic E-state index is 0.00392. The van der Waals surface area contributed by atoms with Crippen LogP contribution in [0.15, 0.2) is 0 Å². The smallest absolute Gasteiger partial charge is 0.303 e. The van der Waals surface area contributed by atoms with E-state index in [-0.39, 0.29) is 25.6 Å². The van der Waals surface area contributed by atoms with Crippen molar-refractivity contribution in [1.82, 2.24) is 0 Å². The molecule has 0 aromatic heterocycles. The summed E-state index contributed by atoms with van der Waals surface area (Å²) in [5.74, 6) is -1.04. The predicted octanol–water partition coefficient (Wildman–Crippen LogP) is 5.92. The zero-order valence-corrected chi connectivity index (χ0v) is 26.5. The summed E-state index contributed by atoms with van der Waals surface area (Å²) >= 11 is 0. The molecule has 0 heterocycles. The van der Waals surface area contributed by atoms with Crippen LogP contribution in [0.2, 0.25) is 0 Å². The highest BCUT2D eigenvalue weighted by molar-refractivity contribution is 7.45. The number of hydrogen-bond donors (Lipinski definition) is 2. The van der Waals surface area contributed by atoms with E-state index in [1.54, 1.807) is 0 Å². The summed E-state index contributed by atoms with van der Waals surface area (Å²) in [6.45, 7) is 4.49. The molecule has 9 nitrogen and oxygen atoms in total. The van der Waals surface area contributed by atoms with Crippen molar-refractivity contribution in [2.24, 2.45) is 5.92 Å². The van der Waals surface area contributed by atoms with Gasteiger partial charge in [0.25, 0.3) is 7.82 Å². The van der Waals surface area contributed by atoms with Gasteiger partial charge in [0.1, 0.15) is 19.3 Å². The van der Waals surface area contributed by atoms with Crippen LogP contribution in [-0.4, -0.2) is 80.4 Å². The lowest BCUT2D eigenvalue weighted by Gasteiger charge is -2.36. The summed E-state index contributed by atoms with van der Waals surface area (Å²) < 4.78 is 29.6. The predicted molar refractivity (Wildman–Crippen MR) is 155 cm³/mol. The van der Waals surface area contributed by atoms with Crippen molar-refractivity contribution >= 4 is 13.8 Å². The number of quaternary nitrogens is 1. The maximum absolute atomic E-state index is 12.7. The number of phosphoric acid groups is 1. The second-order valence-corrected chi connectivity index (χ2v) is 13.3. The molecule has 4 atom stereocenters. The normalized spacial score (nSPS) is 16.1. The Labute approximate surface area is 238 Å². The third-order valence-electron chi connectivity index (χ3n) is 7.00. The van der Waals surface area contributed by atoms with Gasteiger partial charge in [-0.3, -0.25) is 9.36 Å².